The van der Waals surface area contributed by atoms with E-state index in [1.165, 1.54) is 218 Å². The fraction of sp³-hybridized carbons (Fsp3) is 0.795. The highest BCUT2D eigenvalue weighted by atomic mass is 16.6. The molecule has 0 N–H and O–H groups in total. The minimum absolute atomic E-state index is 0.0795. The van der Waals surface area contributed by atoms with Crippen molar-refractivity contribution in [3.63, 3.8) is 0 Å². The molecule has 0 spiro atoms. The smallest absolute Gasteiger partial charge is 0.306 e. The van der Waals surface area contributed by atoms with E-state index in [2.05, 4.69) is 93.7 Å². The van der Waals surface area contributed by atoms with E-state index < -0.39 is 6.10 Å². The maximum atomic E-state index is 12.9. The summed E-state index contributed by atoms with van der Waals surface area (Å²) in [6.07, 6.45) is 87.8. The lowest BCUT2D eigenvalue weighted by Gasteiger charge is -2.18. The largest absolute Gasteiger partial charge is 0.462 e. The van der Waals surface area contributed by atoms with Crippen LogP contribution < -0.4 is 0 Å². The number of hydrogen-bond acceptors (Lipinski definition) is 6. The second-order valence-electron chi connectivity index (χ2n) is 23.1. The molecule has 1 atom stereocenters. The summed E-state index contributed by atoms with van der Waals surface area (Å²) in [6, 6.07) is 0. The Labute approximate surface area is 491 Å². The summed E-state index contributed by atoms with van der Waals surface area (Å²) in [7, 11) is 0. The van der Waals surface area contributed by atoms with Gasteiger partial charge in [-0.1, -0.05) is 299 Å². The number of carbonyl (C=O) groups excluding carboxylic acids is 3. The first-order valence-electron chi connectivity index (χ1n) is 34.4. The van der Waals surface area contributed by atoms with E-state index >= 15 is 0 Å². The summed E-state index contributed by atoms with van der Waals surface area (Å²) in [6.45, 7) is 6.58. The van der Waals surface area contributed by atoms with Gasteiger partial charge in [0.2, 0.25) is 0 Å². The second kappa shape index (κ2) is 67.4. The number of hydrogen-bond donors (Lipinski definition) is 0. The number of ether oxygens (including phenoxy) is 3. The van der Waals surface area contributed by atoms with E-state index in [0.29, 0.717) is 19.3 Å². The van der Waals surface area contributed by atoms with Crippen LogP contribution in [0.2, 0.25) is 0 Å². The molecule has 0 bridgehead atoms. The molecule has 6 heteroatoms. The first kappa shape index (κ1) is 75.8. The van der Waals surface area contributed by atoms with Crippen molar-refractivity contribution < 1.29 is 28.6 Å². The molecule has 0 aliphatic rings. The van der Waals surface area contributed by atoms with Crippen LogP contribution in [0, 0.1) is 0 Å². The van der Waals surface area contributed by atoms with Crippen LogP contribution >= 0.6 is 0 Å². The van der Waals surface area contributed by atoms with Gasteiger partial charge in [0, 0.05) is 19.3 Å². The van der Waals surface area contributed by atoms with Crippen LogP contribution in [-0.4, -0.2) is 37.2 Å². The zero-order valence-electron chi connectivity index (χ0n) is 52.6. The molecule has 0 aliphatic carbocycles. The highest BCUT2D eigenvalue weighted by Crippen LogP contribution is 2.17. The molecule has 0 aromatic carbocycles. The van der Waals surface area contributed by atoms with Crippen molar-refractivity contribution in [2.45, 2.75) is 361 Å². The van der Waals surface area contributed by atoms with E-state index in [9.17, 15) is 14.4 Å². The average molecular weight is 1100 g/mol. The van der Waals surface area contributed by atoms with Gasteiger partial charge in [-0.2, -0.15) is 0 Å². The van der Waals surface area contributed by atoms with Crippen LogP contribution in [-0.2, 0) is 28.6 Å². The maximum Gasteiger partial charge on any atom is 0.306 e. The summed E-state index contributed by atoms with van der Waals surface area (Å²) in [4.78, 5) is 38.4. The highest BCUT2D eigenvalue weighted by Gasteiger charge is 2.19. The Morgan fingerprint density at radius 3 is 0.747 bits per heavy atom. The van der Waals surface area contributed by atoms with E-state index in [4.69, 9.17) is 14.2 Å². The zero-order valence-corrected chi connectivity index (χ0v) is 52.6. The van der Waals surface area contributed by atoms with E-state index in [0.717, 1.165) is 96.3 Å². The van der Waals surface area contributed by atoms with Crippen LogP contribution in [0.25, 0.3) is 0 Å². The van der Waals surface area contributed by atoms with Gasteiger partial charge in [-0.05, 0) is 109 Å². The maximum absolute atomic E-state index is 12.9. The van der Waals surface area contributed by atoms with Crippen LogP contribution in [0.5, 0.6) is 0 Å². The van der Waals surface area contributed by atoms with Crippen molar-refractivity contribution in [3.8, 4) is 0 Å². The first-order chi connectivity index (χ1) is 39.0. The van der Waals surface area contributed by atoms with Gasteiger partial charge in [0.15, 0.2) is 6.10 Å². The van der Waals surface area contributed by atoms with Gasteiger partial charge >= 0.3 is 17.9 Å². The molecule has 6 nitrogen and oxygen atoms in total. The SMILES string of the molecule is CCC/C=C\C/C=C\CCCCCCCC(=O)OCC(COC(=O)CCCCCCCCCCCCCCCCC/C=C\C/C=C\CCCCCCC)OC(=O)CCCCCCCCCCC/C=C\C/C=C\CCCCCCC. The lowest BCUT2D eigenvalue weighted by molar-refractivity contribution is -0.167. The molecule has 0 radical (unpaired) electrons. The van der Waals surface area contributed by atoms with Gasteiger partial charge in [-0.15, -0.1) is 0 Å². The lowest BCUT2D eigenvalue weighted by Crippen LogP contribution is -2.30. The summed E-state index contributed by atoms with van der Waals surface area (Å²) >= 11 is 0. The molecular weight excluding hydrogens is 973 g/mol. The third kappa shape index (κ3) is 65.5. The molecule has 1 unspecified atom stereocenters. The topological polar surface area (TPSA) is 78.9 Å². The van der Waals surface area contributed by atoms with Gasteiger partial charge in [0.1, 0.15) is 13.2 Å². The third-order valence-corrected chi connectivity index (χ3v) is 15.1. The van der Waals surface area contributed by atoms with E-state index in [-0.39, 0.29) is 31.1 Å². The van der Waals surface area contributed by atoms with Crippen molar-refractivity contribution in [2.75, 3.05) is 13.2 Å². The molecule has 0 aromatic rings. The molecule has 0 saturated heterocycles. The summed E-state index contributed by atoms with van der Waals surface area (Å²) < 4.78 is 17.0. The van der Waals surface area contributed by atoms with Gasteiger partial charge in [0.05, 0.1) is 0 Å². The Morgan fingerprint density at radius 2 is 0.481 bits per heavy atom. The number of esters is 3. The van der Waals surface area contributed by atoms with Crippen LogP contribution in [0.15, 0.2) is 72.9 Å². The summed E-state index contributed by atoms with van der Waals surface area (Å²) in [5, 5.41) is 0. The minimum Gasteiger partial charge on any atom is -0.462 e. The number of carbonyl (C=O) groups is 3. The number of rotatable bonds is 63. The van der Waals surface area contributed by atoms with E-state index in [1.54, 1.807) is 0 Å². The molecule has 0 aliphatic heterocycles. The Balaban J connectivity index is 4.26. The van der Waals surface area contributed by atoms with Crippen LogP contribution in [0.4, 0.5) is 0 Å². The van der Waals surface area contributed by atoms with Crippen molar-refractivity contribution in [1.29, 1.82) is 0 Å². The Kier molecular flexibility index (Phi) is 64.7. The quantitative estimate of drug-likeness (QED) is 0.0261. The Bertz CT molecular complexity index is 1450. The highest BCUT2D eigenvalue weighted by molar-refractivity contribution is 5.71. The zero-order chi connectivity index (χ0) is 57.1. The molecule has 79 heavy (non-hydrogen) atoms. The van der Waals surface area contributed by atoms with E-state index in [1.807, 2.05) is 0 Å². The van der Waals surface area contributed by atoms with Crippen LogP contribution in [0.1, 0.15) is 355 Å². The minimum atomic E-state index is -0.784. The number of allylic oxidation sites excluding steroid dienone is 12. The molecule has 0 aromatic heterocycles. The predicted molar refractivity (Wildman–Crippen MR) is 344 cm³/mol. The summed E-state index contributed by atoms with van der Waals surface area (Å²) in [5.41, 5.74) is 0. The average Bonchev–Trinajstić information content (AvgIpc) is 3.45. The molecule has 458 valence electrons. The third-order valence-electron chi connectivity index (χ3n) is 15.1. The molecule has 0 rings (SSSR count). The van der Waals surface area contributed by atoms with Crippen molar-refractivity contribution in [3.05, 3.63) is 72.9 Å². The van der Waals surface area contributed by atoms with Gasteiger partial charge in [-0.25, -0.2) is 0 Å². The van der Waals surface area contributed by atoms with Crippen molar-refractivity contribution in [2.24, 2.45) is 0 Å². The number of unbranched alkanes of at least 4 members (excludes halogenated alkanes) is 40. The summed E-state index contributed by atoms with van der Waals surface area (Å²) in [5.74, 6) is -0.881. The van der Waals surface area contributed by atoms with Crippen molar-refractivity contribution >= 4 is 17.9 Å². The van der Waals surface area contributed by atoms with Gasteiger partial charge in [0.25, 0.3) is 0 Å². The fourth-order valence-electron chi connectivity index (χ4n) is 9.96. The Hall–Kier alpha value is -3.15. The predicted octanol–water partition coefficient (Wildman–Crippen LogP) is 23.7. The van der Waals surface area contributed by atoms with Gasteiger partial charge < -0.3 is 14.2 Å². The fourth-order valence-corrected chi connectivity index (χ4v) is 9.96. The lowest BCUT2D eigenvalue weighted by atomic mass is 10.0. The second-order valence-corrected chi connectivity index (χ2v) is 23.1. The monoisotopic (exact) mass is 1100 g/mol. The molecular formula is C73H130O6. The standard InChI is InChI=1S/C73H130O6/c1-4-7-10-13-16-19-22-25-27-29-31-33-34-35-36-37-38-40-41-43-45-48-51-54-57-60-63-66-72(75)78-69-70(68-77-71(74)65-62-59-56-53-50-47-24-21-18-15-12-9-6-3)79-73(76)67-64-61-58-55-52-49-46-44-42-39-32-30-28-26-23-20-17-14-11-8-5-2/h12,15,21-26,29-32,70H,4-11,13-14,16-20,27-28,33-69H2,1-3H3/b15-12-,24-21-,25-22-,26-23-,31-29-,32-30-. The molecule has 0 heterocycles. The van der Waals surface area contributed by atoms with Gasteiger partial charge in [-0.3, -0.25) is 14.4 Å². The van der Waals surface area contributed by atoms with Crippen molar-refractivity contribution in [1.82, 2.24) is 0 Å². The molecule has 0 saturated carbocycles. The molecule has 0 fully saturated rings. The normalized spacial score (nSPS) is 12.5. The Morgan fingerprint density at radius 1 is 0.253 bits per heavy atom. The molecule has 0 amide bonds. The first-order valence-corrected chi connectivity index (χ1v) is 34.4. The van der Waals surface area contributed by atoms with Crippen LogP contribution in [0.3, 0.4) is 0 Å².